The van der Waals surface area contributed by atoms with E-state index < -0.39 is 0 Å². The van der Waals surface area contributed by atoms with Crippen LogP contribution >= 0.6 is 12.2 Å². The van der Waals surface area contributed by atoms with Gasteiger partial charge in [-0.2, -0.15) is 0 Å². The Morgan fingerprint density at radius 2 is 1.92 bits per heavy atom. The van der Waals surface area contributed by atoms with Crippen molar-refractivity contribution in [3.63, 3.8) is 0 Å². The third-order valence-electron chi connectivity index (χ3n) is 1.84. The van der Waals surface area contributed by atoms with Crippen LogP contribution in [-0.4, -0.2) is 23.4 Å². The summed E-state index contributed by atoms with van der Waals surface area (Å²) in [7, 11) is 0. The molecule has 0 amide bonds. The minimum Gasteiger partial charge on any atom is -0.485 e. The summed E-state index contributed by atoms with van der Waals surface area (Å²) >= 11 is 4.96. The highest BCUT2D eigenvalue weighted by Crippen LogP contribution is 2.06. The molecule has 0 heterocycles. The van der Waals surface area contributed by atoms with Crippen LogP contribution in [0, 0.1) is 0 Å². The fraction of sp³-hybridized carbons (Fsp3) is 0.900. The summed E-state index contributed by atoms with van der Waals surface area (Å²) in [6.45, 7) is 2.60. The van der Waals surface area contributed by atoms with Crippen molar-refractivity contribution in [1.82, 2.24) is 0 Å². The Bertz CT molecular complexity index is 126. The first-order valence-corrected chi connectivity index (χ1v) is 5.48. The van der Waals surface area contributed by atoms with Crippen LogP contribution in [-0.2, 0) is 4.74 Å². The molecule has 0 aliphatic rings. The van der Waals surface area contributed by atoms with Gasteiger partial charge in [0.1, 0.15) is 6.61 Å². The molecule has 0 aromatic carbocycles. The van der Waals surface area contributed by atoms with Crippen molar-refractivity contribution in [3.05, 3.63) is 0 Å². The molecule has 0 rings (SSSR count). The van der Waals surface area contributed by atoms with Gasteiger partial charge in [-0.25, -0.2) is 0 Å². The fourth-order valence-electron chi connectivity index (χ4n) is 1.10. The third-order valence-corrected chi connectivity index (χ3v) is 2.16. The number of aliphatic hydroxyl groups excluding tert-OH is 1. The van der Waals surface area contributed by atoms with E-state index >= 15 is 0 Å². The maximum absolute atomic E-state index is 8.47. The van der Waals surface area contributed by atoms with Gasteiger partial charge in [0, 0.05) is 6.42 Å². The molecule has 0 atom stereocenters. The van der Waals surface area contributed by atoms with Crippen LogP contribution in [0.3, 0.4) is 0 Å². The van der Waals surface area contributed by atoms with Crippen molar-refractivity contribution in [3.8, 4) is 0 Å². The summed E-state index contributed by atoms with van der Waals surface area (Å²) in [6, 6.07) is 0. The zero-order chi connectivity index (χ0) is 9.94. The Kier molecular flexibility index (Phi) is 9.82. The lowest BCUT2D eigenvalue weighted by molar-refractivity contribution is 0.193. The Morgan fingerprint density at radius 3 is 2.54 bits per heavy atom. The smallest absolute Gasteiger partial charge is 0.159 e. The van der Waals surface area contributed by atoms with E-state index in [2.05, 4.69) is 6.92 Å². The molecule has 1 N–H and O–H groups in total. The Hall–Kier alpha value is -0.150. The maximum Gasteiger partial charge on any atom is 0.159 e. The zero-order valence-corrected chi connectivity index (χ0v) is 9.24. The summed E-state index contributed by atoms with van der Waals surface area (Å²) in [4.78, 5) is 0. The Morgan fingerprint density at radius 1 is 1.23 bits per heavy atom. The molecule has 2 nitrogen and oxygen atoms in total. The molecule has 0 aromatic heterocycles. The SMILES string of the molecule is CCCCCCCC(=S)OCCO. The topological polar surface area (TPSA) is 29.5 Å². The van der Waals surface area contributed by atoms with Gasteiger partial charge < -0.3 is 9.84 Å². The molecule has 78 valence electrons. The van der Waals surface area contributed by atoms with E-state index in [-0.39, 0.29) is 6.61 Å². The molecular formula is C10H20O2S. The van der Waals surface area contributed by atoms with E-state index in [9.17, 15) is 0 Å². The van der Waals surface area contributed by atoms with Gasteiger partial charge >= 0.3 is 0 Å². The van der Waals surface area contributed by atoms with Gasteiger partial charge in [0.25, 0.3) is 0 Å². The average molecular weight is 204 g/mol. The molecule has 0 saturated carbocycles. The van der Waals surface area contributed by atoms with Crippen molar-refractivity contribution in [2.75, 3.05) is 13.2 Å². The molecule has 0 aromatic rings. The minimum atomic E-state index is 0.0516. The molecule has 3 heteroatoms. The number of rotatable bonds is 8. The zero-order valence-electron chi connectivity index (χ0n) is 8.42. The standard InChI is InChI=1S/C10H20O2S/c1-2-3-4-5-6-7-10(13)12-9-8-11/h11H,2-9H2,1H3. The number of unbranched alkanes of at least 4 members (excludes halogenated alkanes) is 4. The van der Waals surface area contributed by atoms with Gasteiger partial charge in [-0.3, -0.25) is 0 Å². The lowest BCUT2D eigenvalue weighted by atomic mass is 10.1. The van der Waals surface area contributed by atoms with E-state index in [1.54, 1.807) is 0 Å². The Labute approximate surface area is 86.3 Å². The van der Waals surface area contributed by atoms with Gasteiger partial charge in [0.05, 0.1) is 6.61 Å². The number of hydrogen-bond donors (Lipinski definition) is 1. The molecule has 13 heavy (non-hydrogen) atoms. The summed E-state index contributed by atoms with van der Waals surface area (Å²) in [6.07, 6.45) is 7.08. The lowest BCUT2D eigenvalue weighted by Crippen LogP contribution is -2.05. The fourth-order valence-corrected chi connectivity index (χ4v) is 1.33. The predicted octanol–water partition coefficient (Wildman–Crippen LogP) is 2.68. The van der Waals surface area contributed by atoms with E-state index in [0.29, 0.717) is 11.7 Å². The first-order valence-electron chi connectivity index (χ1n) is 5.07. The second-order valence-electron chi connectivity index (χ2n) is 3.11. The first-order chi connectivity index (χ1) is 6.31. The minimum absolute atomic E-state index is 0.0516. The molecular weight excluding hydrogens is 184 g/mol. The highest BCUT2D eigenvalue weighted by Gasteiger charge is 1.96. The largest absolute Gasteiger partial charge is 0.485 e. The Balaban J connectivity index is 3.08. The van der Waals surface area contributed by atoms with Crippen molar-refractivity contribution in [1.29, 1.82) is 0 Å². The van der Waals surface area contributed by atoms with Crippen LogP contribution in [0.5, 0.6) is 0 Å². The van der Waals surface area contributed by atoms with E-state index in [1.807, 2.05) is 0 Å². The van der Waals surface area contributed by atoms with Crippen LogP contribution in [0.4, 0.5) is 0 Å². The lowest BCUT2D eigenvalue weighted by Gasteiger charge is -2.04. The van der Waals surface area contributed by atoms with Gasteiger partial charge in [-0.05, 0) is 18.6 Å². The van der Waals surface area contributed by atoms with Gasteiger partial charge in [-0.1, -0.05) is 32.6 Å². The van der Waals surface area contributed by atoms with Gasteiger partial charge in [-0.15, -0.1) is 0 Å². The van der Waals surface area contributed by atoms with Crippen molar-refractivity contribution < 1.29 is 9.84 Å². The van der Waals surface area contributed by atoms with Crippen LogP contribution in [0.25, 0.3) is 0 Å². The number of aliphatic hydroxyl groups is 1. The molecule has 0 unspecified atom stereocenters. The highest BCUT2D eigenvalue weighted by molar-refractivity contribution is 7.80. The van der Waals surface area contributed by atoms with Gasteiger partial charge in [0.2, 0.25) is 0 Å². The monoisotopic (exact) mass is 204 g/mol. The molecule has 0 aliphatic carbocycles. The van der Waals surface area contributed by atoms with Crippen LogP contribution in [0.1, 0.15) is 45.4 Å². The van der Waals surface area contributed by atoms with Crippen LogP contribution in [0.15, 0.2) is 0 Å². The third kappa shape index (κ3) is 9.77. The van der Waals surface area contributed by atoms with E-state index in [0.717, 1.165) is 12.8 Å². The second kappa shape index (κ2) is 9.93. The predicted molar refractivity (Wildman–Crippen MR) is 59.0 cm³/mol. The quantitative estimate of drug-likeness (QED) is 0.487. The summed E-state index contributed by atoms with van der Waals surface area (Å²) in [5.74, 6) is 0. The van der Waals surface area contributed by atoms with Crippen LogP contribution < -0.4 is 0 Å². The second-order valence-corrected chi connectivity index (χ2v) is 3.56. The van der Waals surface area contributed by atoms with E-state index in [1.165, 1.54) is 25.7 Å². The molecule has 0 bridgehead atoms. The average Bonchev–Trinajstić information content (AvgIpc) is 2.14. The number of thiocarbonyl (C=S) groups is 1. The van der Waals surface area contributed by atoms with E-state index in [4.69, 9.17) is 22.1 Å². The summed E-state index contributed by atoms with van der Waals surface area (Å²) < 4.78 is 5.08. The normalized spacial score (nSPS) is 10.0. The first kappa shape index (κ1) is 12.8. The maximum atomic E-state index is 8.47. The van der Waals surface area contributed by atoms with Gasteiger partial charge in [0.15, 0.2) is 5.05 Å². The molecule has 0 aliphatic heterocycles. The van der Waals surface area contributed by atoms with Crippen molar-refractivity contribution in [2.45, 2.75) is 45.4 Å². The number of hydrogen-bond acceptors (Lipinski definition) is 3. The van der Waals surface area contributed by atoms with Crippen LogP contribution in [0.2, 0.25) is 0 Å². The molecule has 0 spiro atoms. The summed E-state index contributed by atoms with van der Waals surface area (Å²) in [5, 5.41) is 9.12. The highest BCUT2D eigenvalue weighted by atomic mass is 32.1. The van der Waals surface area contributed by atoms with Crippen molar-refractivity contribution >= 4 is 17.3 Å². The summed E-state index contributed by atoms with van der Waals surface area (Å²) in [5.41, 5.74) is 0. The molecule has 0 fully saturated rings. The van der Waals surface area contributed by atoms with Crippen molar-refractivity contribution in [2.24, 2.45) is 0 Å². The molecule has 0 saturated heterocycles. The molecule has 0 radical (unpaired) electrons. The number of ether oxygens (including phenoxy) is 1.